The lowest BCUT2D eigenvalue weighted by Gasteiger charge is -2.04. The van der Waals surface area contributed by atoms with Crippen LogP contribution in [-0.2, 0) is 0 Å². The maximum Gasteiger partial charge on any atom is 0.0907 e. The molecule has 0 aliphatic rings. The summed E-state index contributed by atoms with van der Waals surface area (Å²) in [5.74, 6) is 0. The van der Waals surface area contributed by atoms with Crippen LogP contribution in [0, 0.1) is 27.7 Å². The smallest absolute Gasteiger partial charge is 0.0907 e. The summed E-state index contributed by atoms with van der Waals surface area (Å²) in [5, 5.41) is 1.16. The summed E-state index contributed by atoms with van der Waals surface area (Å²) >= 11 is 1.79. The third-order valence-corrected chi connectivity index (χ3v) is 3.71. The van der Waals surface area contributed by atoms with Crippen LogP contribution in [0.5, 0.6) is 0 Å². The summed E-state index contributed by atoms with van der Waals surface area (Å²) in [6, 6.07) is 2.18. The van der Waals surface area contributed by atoms with E-state index in [4.69, 9.17) is 0 Å². The van der Waals surface area contributed by atoms with Crippen molar-refractivity contribution in [2.75, 3.05) is 0 Å². The van der Waals surface area contributed by atoms with Crippen LogP contribution in [0.3, 0.4) is 0 Å². The fourth-order valence-corrected chi connectivity index (χ4v) is 2.54. The first kappa shape index (κ1) is 8.70. The van der Waals surface area contributed by atoms with Gasteiger partial charge in [0.15, 0.2) is 0 Å². The quantitative estimate of drug-likeness (QED) is 0.620. The molecular formula is C11H13NS. The van der Waals surface area contributed by atoms with Gasteiger partial charge in [0.2, 0.25) is 0 Å². The zero-order chi connectivity index (χ0) is 9.59. The van der Waals surface area contributed by atoms with Gasteiger partial charge in [0, 0.05) is 0 Å². The second-order valence-corrected chi connectivity index (χ2v) is 4.73. The number of hydrogen-bond donors (Lipinski definition) is 0. The molecule has 0 bridgehead atoms. The van der Waals surface area contributed by atoms with Gasteiger partial charge >= 0.3 is 0 Å². The SMILES string of the molecule is Cc1nc2cc(C)c(C)c(C)c2s1. The molecule has 0 aliphatic heterocycles. The number of thiazole rings is 1. The first-order valence-electron chi connectivity index (χ1n) is 4.43. The average Bonchev–Trinajstić information content (AvgIpc) is 2.42. The monoisotopic (exact) mass is 191 g/mol. The largest absolute Gasteiger partial charge is 0.241 e. The third-order valence-electron chi connectivity index (χ3n) is 2.61. The van der Waals surface area contributed by atoms with Crippen molar-refractivity contribution in [2.24, 2.45) is 0 Å². The van der Waals surface area contributed by atoms with Gasteiger partial charge in [0.1, 0.15) is 0 Å². The fraction of sp³-hybridized carbons (Fsp3) is 0.364. The van der Waals surface area contributed by atoms with Crippen molar-refractivity contribution in [3.05, 3.63) is 27.8 Å². The van der Waals surface area contributed by atoms with E-state index in [0.717, 1.165) is 10.5 Å². The molecule has 0 saturated carbocycles. The molecule has 0 spiro atoms. The minimum Gasteiger partial charge on any atom is -0.241 e. The van der Waals surface area contributed by atoms with Gasteiger partial charge < -0.3 is 0 Å². The average molecular weight is 191 g/mol. The molecular weight excluding hydrogens is 178 g/mol. The van der Waals surface area contributed by atoms with Crippen LogP contribution >= 0.6 is 11.3 Å². The predicted molar refractivity (Wildman–Crippen MR) is 58.6 cm³/mol. The van der Waals surface area contributed by atoms with Gasteiger partial charge in [-0.25, -0.2) is 4.98 Å². The summed E-state index contributed by atoms with van der Waals surface area (Å²) in [4.78, 5) is 4.49. The molecule has 2 aromatic rings. The van der Waals surface area contributed by atoms with Gasteiger partial charge in [-0.3, -0.25) is 0 Å². The highest BCUT2D eigenvalue weighted by Gasteiger charge is 2.07. The van der Waals surface area contributed by atoms with Crippen molar-refractivity contribution >= 4 is 21.6 Å². The van der Waals surface area contributed by atoms with Crippen LogP contribution in [0.4, 0.5) is 0 Å². The first-order chi connectivity index (χ1) is 6.09. The molecule has 0 fully saturated rings. The molecule has 0 atom stereocenters. The van der Waals surface area contributed by atoms with Crippen molar-refractivity contribution in [2.45, 2.75) is 27.7 Å². The highest BCUT2D eigenvalue weighted by Crippen LogP contribution is 2.28. The Morgan fingerprint density at radius 3 is 2.46 bits per heavy atom. The van der Waals surface area contributed by atoms with Gasteiger partial charge in [0.25, 0.3) is 0 Å². The fourth-order valence-electron chi connectivity index (χ4n) is 1.59. The lowest BCUT2D eigenvalue weighted by molar-refractivity contribution is 1.28. The minimum absolute atomic E-state index is 1.16. The zero-order valence-corrected chi connectivity index (χ0v) is 9.25. The third kappa shape index (κ3) is 1.25. The van der Waals surface area contributed by atoms with Crippen LogP contribution in [-0.4, -0.2) is 4.98 Å². The molecule has 2 heteroatoms. The summed E-state index contributed by atoms with van der Waals surface area (Å²) in [5.41, 5.74) is 5.29. The zero-order valence-electron chi connectivity index (χ0n) is 8.43. The van der Waals surface area contributed by atoms with Crippen LogP contribution in [0.1, 0.15) is 21.7 Å². The minimum atomic E-state index is 1.16. The Hall–Kier alpha value is -0.890. The number of aryl methyl sites for hydroxylation is 3. The van der Waals surface area contributed by atoms with Gasteiger partial charge in [-0.1, -0.05) is 0 Å². The van der Waals surface area contributed by atoms with Crippen molar-refractivity contribution in [1.82, 2.24) is 4.98 Å². The van der Waals surface area contributed by atoms with Crippen LogP contribution in [0.15, 0.2) is 6.07 Å². The highest BCUT2D eigenvalue weighted by molar-refractivity contribution is 7.18. The summed E-state index contributed by atoms with van der Waals surface area (Å²) < 4.78 is 1.35. The van der Waals surface area contributed by atoms with Gasteiger partial charge in [-0.05, 0) is 50.5 Å². The summed E-state index contributed by atoms with van der Waals surface area (Å²) in [6.45, 7) is 8.58. The van der Waals surface area contributed by atoms with E-state index in [1.165, 1.54) is 21.4 Å². The second kappa shape index (κ2) is 2.81. The van der Waals surface area contributed by atoms with Crippen LogP contribution in [0.2, 0.25) is 0 Å². The molecule has 0 unspecified atom stereocenters. The molecule has 0 radical (unpaired) electrons. The van der Waals surface area contributed by atoms with Crippen molar-refractivity contribution in [3.63, 3.8) is 0 Å². The van der Waals surface area contributed by atoms with Gasteiger partial charge in [-0.2, -0.15) is 0 Å². The van der Waals surface area contributed by atoms with Crippen molar-refractivity contribution in [3.8, 4) is 0 Å². The van der Waals surface area contributed by atoms with E-state index in [9.17, 15) is 0 Å². The molecule has 0 saturated heterocycles. The van der Waals surface area contributed by atoms with E-state index < -0.39 is 0 Å². The number of fused-ring (bicyclic) bond motifs is 1. The Kier molecular flexibility index (Phi) is 1.88. The Balaban J connectivity index is 2.92. The van der Waals surface area contributed by atoms with Crippen molar-refractivity contribution in [1.29, 1.82) is 0 Å². The molecule has 13 heavy (non-hydrogen) atoms. The topological polar surface area (TPSA) is 12.9 Å². The van der Waals surface area contributed by atoms with E-state index in [0.29, 0.717) is 0 Å². The van der Waals surface area contributed by atoms with E-state index >= 15 is 0 Å². The standard InChI is InChI=1S/C11H13NS/c1-6-5-10-11(8(3)7(6)2)13-9(4)12-10/h5H,1-4H3. The highest BCUT2D eigenvalue weighted by atomic mass is 32.1. The number of hydrogen-bond acceptors (Lipinski definition) is 2. The van der Waals surface area contributed by atoms with Gasteiger partial charge in [0.05, 0.1) is 15.2 Å². The summed E-state index contributed by atoms with van der Waals surface area (Å²) in [7, 11) is 0. The van der Waals surface area contributed by atoms with E-state index in [1.54, 1.807) is 11.3 Å². The predicted octanol–water partition coefficient (Wildman–Crippen LogP) is 3.53. The molecule has 2 rings (SSSR count). The van der Waals surface area contributed by atoms with E-state index in [1.807, 2.05) is 0 Å². The van der Waals surface area contributed by atoms with E-state index in [-0.39, 0.29) is 0 Å². The van der Waals surface area contributed by atoms with Crippen LogP contribution in [0.25, 0.3) is 10.2 Å². The van der Waals surface area contributed by atoms with Gasteiger partial charge in [-0.15, -0.1) is 11.3 Å². The Bertz CT molecular complexity index is 468. The molecule has 1 nitrogen and oxygen atoms in total. The lowest BCUT2D eigenvalue weighted by atomic mass is 10.0. The molecule has 0 N–H and O–H groups in total. The molecule has 1 heterocycles. The van der Waals surface area contributed by atoms with Crippen molar-refractivity contribution < 1.29 is 0 Å². The van der Waals surface area contributed by atoms with E-state index in [2.05, 4.69) is 38.7 Å². The summed E-state index contributed by atoms with van der Waals surface area (Å²) in [6.07, 6.45) is 0. The lowest BCUT2D eigenvalue weighted by Crippen LogP contribution is -1.86. The number of rotatable bonds is 0. The Labute approximate surface area is 82.4 Å². The number of nitrogens with zero attached hydrogens (tertiary/aromatic N) is 1. The number of benzene rings is 1. The second-order valence-electron chi connectivity index (χ2n) is 3.52. The molecule has 1 aromatic heterocycles. The molecule has 0 aliphatic carbocycles. The molecule has 1 aromatic carbocycles. The normalized spacial score (nSPS) is 11.1. The number of aromatic nitrogens is 1. The maximum atomic E-state index is 4.49. The molecule has 68 valence electrons. The first-order valence-corrected chi connectivity index (χ1v) is 5.25. The maximum absolute atomic E-state index is 4.49. The Morgan fingerprint density at radius 1 is 1.08 bits per heavy atom. The molecule has 0 amide bonds. The Morgan fingerprint density at radius 2 is 1.77 bits per heavy atom. The van der Waals surface area contributed by atoms with Crippen LogP contribution < -0.4 is 0 Å².